The fraction of sp³-hybridized carbons (Fsp3) is 0.444. The molecule has 160 valence electrons. The summed E-state index contributed by atoms with van der Waals surface area (Å²) in [4.78, 5) is 17.7. The number of phenols is 1. The van der Waals surface area contributed by atoms with Gasteiger partial charge < -0.3 is 24.4 Å². The Morgan fingerprint density at radius 2 is 1.50 bits per heavy atom. The number of nitrogens with one attached hydrogen (secondary N) is 1. The maximum Gasteiger partial charge on any atom is 0.250 e. The molecule has 0 saturated carbocycles. The van der Waals surface area contributed by atoms with Gasteiger partial charge in [-0.15, -0.1) is 0 Å². The van der Waals surface area contributed by atoms with Crippen LogP contribution in [0.4, 0.5) is 17.8 Å². The zero-order valence-corrected chi connectivity index (χ0v) is 17.6. The Labute approximate surface area is 183 Å². The van der Waals surface area contributed by atoms with E-state index in [1.807, 2.05) is 9.80 Å². The highest BCUT2D eigenvalue weighted by atomic mass is 35.5. The van der Waals surface area contributed by atoms with Crippen LogP contribution in [0.5, 0.6) is 5.75 Å². The minimum absolute atomic E-state index is 0.106. The van der Waals surface area contributed by atoms with Crippen molar-refractivity contribution in [2.45, 2.75) is 0 Å². The van der Waals surface area contributed by atoms with Gasteiger partial charge in [-0.2, -0.15) is 20.1 Å². The van der Waals surface area contributed by atoms with Gasteiger partial charge in [0, 0.05) is 36.8 Å². The standard InChI is InChI=1S/C18H21Cl2N7O3/c19-13-9-12(15(28)14(20)10-13)11-21-25-16-22-17(26-1-5-29-6-2-26)24-18(23-16)27-3-7-30-8-4-27/h9-11,28H,1-8H2,(H,22,23,24,25). The topological polar surface area (TPSA) is 108 Å². The molecule has 0 spiro atoms. The highest BCUT2D eigenvalue weighted by Crippen LogP contribution is 2.30. The SMILES string of the molecule is Oc1c(Cl)cc(Cl)cc1C=NNc1nc(N2CCOCC2)nc(N2CCOCC2)n1. The number of aromatic hydroxyl groups is 1. The number of halogens is 2. The molecule has 2 aromatic rings. The lowest BCUT2D eigenvalue weighted by Crippen LogP contribution is -2.40. The Morgan fingerprint density at radius 3 is 2.07 bits per heavy atom. The van der Waals surface area contributed by atoms with E-state index < -0.39 is 0 Å². The molecule has 0 atom stereocenters. The van der Waals surface area contributed by atoms with E-state index in [2.05, 4.69) is 25.5 Å². The molecule has 12 heteroatoms. The fourth-order valence-electron chi connectivity index (χ4n) is 3.06. The van der Waals surface area contributed by atoms with Crippen LogP contribution in [-0.2, 0) is 9.47 Å². The number of benzene rings is 1. The van der Waals surface area contributed by atoms with E-state index in [0.29, 0.717) is 75.1 Å². The maximum atomic E-state index is 10.1. The van der Waals surface area contributed by atoms with Crippen LogP contribution in [0, 0.1) is 0 Å². The van der Waals surface area contributed by atoms with Gasteiger partial charge in [-0.05, 0) is 12.1 Å². The number of morpholine rings is 2. The monoisotopic (exact) mass is 453 g/mol. The van der Waals surface area contributed by atoms with E-state index in [4.69, 9.17) is 32.7 Å². The third-order valence-corrected chi connectivity index (χ3v) is 5.13. The minimum Gasteiger partial charge on any atom is -0.506 e. The Morgan fingerprint density at radius 1 is 0.933 bits per heavy atom. The predicted molar refractivity (Wildman–Crippen MR) is 115 cm³/mol. The maximum absolute atomic E-state index is 10.1. The molecule has 0 radical (unpaired) electrons. The van der Waals surface area contributed by atoms with Gasteiger partial charge >= 0.3 is 0 Å². The van der Waals surface area contributed by atoms with Crippen molar-refractivity contribution in [3.05, 3.63) is 27.7 Å². The Kier molecular flexibility index (Phi) is 6.68. The summed E-state index contributed by atoms with van der Waals surface area (Å²) < 4.78 is 10.8. The molecule has 4 rings (SSSR count). The lowest BCUT2D eigenvalue weighted by Gasteiger charge is -2.30. The van der Waals surface area contributed by atoms with Gasteiger partial charge in [0.15, 0.2) is 0 Å². The number of hydrazone groups is 1. The average Bonchev–Trinajstić information content (AvgIpc) is 2.78. The molecule has 2 aliphatic heterocycles. The molecule has 1 aromatic heterocycles. The van der Waals surface area contributed by atoms with Crippen molar-refractivity contribution in [2.24, 2.45) is 5.10 Å². The zero-order chi connectivity index (χ0) is 20.9. The largest absolute Gasteiger partial charge is 0.506 e. The predicted octanol–water partition coefficient (Wildman–Crippen LogP) is 2.00. The summed E-state index contributed by atoms with van der Waals surface area (Å²) in [5, 5.41) is 14.7. The Balaban J connectivity index is 1.58. The molecule has 2 saturated heterocycles. The Hall–Kier alpha value is -2.40. The molecule has 2 N–H and O–H groups in total. The third kappa shape index (κ3) is 5.01. The average molecular weight is 454 g/mol. The van der Waals surface area contributed by atoms with Crippen LogP contribution in [-0.4, -0.2) is 78.9 Å². The van der Waals surface area contributed by atoms with E-state index in [0.717, 1.165) is 0 Å². The summed E-state index contributed by atoms with van der Waals surface area (Å²) in [6, 6.07) is 3.01. The summed E-state index contributed by atoms with van der Waals surface area (Å²) in [5.41, 5.74) is 3.18. The van der Waals surface area contributed by atoms with Crippen LogP contribution in [0.3, 0.4) is 0 Å². The van der Waals surface area contributed by atoms with E-state index in [-0.39, 0.29) is 16.7 Å². The number of anilines is 3. The summed E-state index contributed by atoms with van der Waals surface area (Å²) in [5.74, 6) is 1.30. The van der Waals surface area contributed by atoms with Gasteiger partial charge in [0.05, 0.1) is 37.7 Å². The first-order valence-corrected chi connectivity index (χ1v) is 10.2. The number of ether oxygens (including phenoxy) is 2. The van der Waals surface area contributed by atoms with Crippen molar-refractivity contribution >= 4 is 47.3 Å². The van der Waals surface area contributed by atoms with Crippen LogP contribution in [0.2, 0.25) is 10.0 Å². The van der Waals surface area contributed by atoms with Crippen molar-refractivity contribution in [2.75, 3.05) is 67.8 Å². The summed E-state index contributed by atoms with van der Waals surface area (Å²) in [6.07, 6.45) is 1.40. The van der Waals surface area contributed by atoms with Gasteiger partial charge in [0.2, 0.25) is 17.8 Å². The second-order valence-corrected chi connectivity index (χ2v) is 7.50. The molecule has 10 nitrogen and oxygen atoms in total. The van der Waals surface area contributed by atoms with Crippen LogP contribution in [0.15, 0.2) is 17.2 Å². The molecule has 0 aliphatic carbocycles. The molecule has 0 unspecified atom stereocenters. The number of hydrogen-bond donors (Lipinski definition) is 2. The van der Waals surface area contributed by atoms with Gasteiger partial charge in [-0.3, -0.25) is 0 Å². The first-order valence-electron chi connectivity index (χ1n) is 9.49. The highest BCUT2D eigenvalue weighted by Gasteiger charge is 2.20. The van der Waals surface area contributed by atoms with Crippen molar-refractivity contribution in [3.63, 3.8) is 0 Å². The normalized spacial score (nSPS) is 17.5. The molecule has 1 aromatic carbocycles. The Bertz CT molecular complexity index is 883. The van der Waals surface area contributed by atoms with Crippen LogP contribution in [0.25, 0.3) is 0 Å². The molecule has 30 heavy (non-hydrogen) atoms. The second kappa shape index (κ2) is 9.61. The smallest absolute Gasteiger partial charge is 0.250 e. The van der Waals surface area contributed by atoms with Crippen molar-refractivity contribution in [3.8, 4) is 5.75 Å². The quantitative estimate of drug-likeness (QED) is 0.518. The van der Waals surface area contributed by atoms with Crippen LogP contribution < -0.4 is 15.2 Å². The first-order chi connectivity index (χ1) is 14.6. The molecular weight excluding hydrogens is 433 g/mol. The fourth-order valence-corrected chi connectivity index (χ4v) is 3.57. The van der Waals surface area contributed by atoms with Gasteiger partial charge in [-0.25, -0.2) is 5.43 Å². The van der Waals surface area contributed by atoms with Gasteiger partial charge in [0.1, 0.15) is 5.75 Å². The summed E-state index contributed by atoms with van der Waals surface area (Å²) >= 11 is 11.9. The molecule has 0 bridgehead atoms. The lowest BCUT2D eigenvalue weighted by molar-refractivity contribution is 0.121. The number of hydrogen-bond acceptors (Lipinski definition) is 10. The highest BCUT2D eigenvalue weighted by molar-refractivity contribution is 6.36. The molecule has 3 heterocycles. The van der Waals surface area contributed by atoms with Gasteiger partial charge in [0.25, 0.3) is 0 Å². The van der Waals surface area contributed by atoms with Crippen molar-refractivity contribution in [1.29, 1.82) is 0 Å². The zero-order valence-electron chi connectivity index (χ0n) is 16.1. The molecule has 0 amide bonds. The molecular formula is C18H21Cl2N7O3. The van der Waals surface area contributed by atoms with Crippen molar-refractivity contribution < 1.29 is 14.6 Å². The number of rotatable bonds is 5. The van der Waals surface area contributed by atoms with Gasteiger partial charge in [-0.1, -0.05) is 23.2 Å². The number of aromatic nitrogens is 3. The molecule has 2 fully saturated rings. The molecule has 2 aliphatic rings. The third-order valence-electron chi connectivity index (χ3n) is 4.63. The summed E-state index contributed by atoms with van der Waals surface area (Å²) in [6.45, 7) is 5.27. The van der Waals surface area contributed by atoms with E-state index in [1.54, 1.807) is 6.07 Å². The van der Waals surface area contributed by atoms with E-state index in [1.165, 1.54) is 12.3 Å². The van der Waals surface area contributed by atoms with Crippen LogP contribution in [0.1, 0.15) is 5.56 Å². The lowest BCUT2D eigenvalue weighted by atomic mass is 10.2. The number of nitrogens with zero attached hydrogens (tertiary/aromatic N) is 6. The van der Waals surface area contributed by atoms with Crippen LogP contribution >= 0.6 is 23.2 Å². The first kappa shape index (κ1) is 20.9. The van der Waals surface area contributed by atoms with Crippen molar-refractivity contribution in [1.82, 2.24) is 15.0 Å². The minimum atomic E-state index is -0.106. The van der Waals surface area contributed by atoms with E-state index in [9.17, 15) is 5.11 Å². The second-order valence-electron chi connectivity index (χ2n) is 6.65. The number of phenolic OH excluding ortho intramolecular Hbond substituents is 1. The summed E-state index contributed by atoms with van der Waals surface area (Å²) in [7, 11) is 0. The van der Waals surface area contributed by atoms with E-state index >= 15 is 0 Å².